The Labute approximate surface area is 247 Å². The van der Waals surface area contributed by atoms with Crippen LogP contribution >= 0.6 is 0 Å². The number of nitrogens with zero attached hydrogens (tertiary/aromatic N) is 2. The van der Waals surface area contributed by atoms with Gasteiger partial charge in [0, 0.05) is 41.4 Å². The molecular formula is C35H39N3O4. The molecule has 42 heavy (non-hydrogen) atoms. The van der Waals surface area contributed by atoms with Crippen LogP contribution in [0, 0.1) is 13.8 Å². The number of phenolic OH excluding ortho intramolecular Hbond substituents is 1. The van der Waals surface area contributed by atoms with Crippen LogP contribution in [0.15, 0.2) is 66.9 Å². The summed E-state index contributed by atoms with van der Waals surface area (Å²) in [6, 6.07) is 16.7. The van der Waals surface area contributed by atoms with Crippen molar-refractivity contribution in [2.75, 3.05) is 6.54 Å². The molecule has 2 aromatic heterocycles. The van der Waals surface area contributed by atoms with Crippen LogP contribution in [0.5, 0.6) is 5.75 Å². The van der Waals surface area contributed by atoms with Crippen LogP contribution in [0.25, 0.3) is 17.0 Å². The van der Waals surface area contributed by atoms with Gasteiger partial charge in [0.15, 0.2) is 5.78 Å². The first-order valence-corrected chi connectivity index (χ1v) is 14.8. The Kier molecular flexibility index (Phi) is 8.88. The number of hydrogen-bond donors (Lipinski definition) is 2. The Morgan fingerprint density at radius 3 is 2.50 bits per heavy atom. The molecule has 2 N–H and O–H groups in total. The number of ketones is 1. The highest BCUT2D eigenvalue weighted by Gasteiger charge is 2.40. The molecular weight excluding hydrogens is 526 g/mol. The Bertz CT molecular complexity index is 1590. The minimum atomic E-state index is -0.762. The van der Waals surface area contributed by atoms with Crippen LogP contribution in [0.1, 0.15) is 77.5 Å². The van der Waals surface area contributed by atoms with Crippen molar-refractivity contribution in [2.45, 2.75) is 71.6 Å². The number of fused-ring (bicyclic) bond motifs is 1. The summed E-state index contributed by atoms with van der Waals surface area (Å²) in [4.78, 5) is 30.9. The first-order chi connectivity index (χ1) is 20.3. The minimum absolute atomic E-state index is 0.0176. The smallest absolute Gasteiger partial charge is 0.252 e. The number of phenols is 1. The van der Waals surface area contributed by atoms with Gasteiger partial charge in [0.2, 0.25) is 0 Å². The maximum atomic E-state index is 13.5. The maximum Gasteiger partial charge on any atom is 0.252 e. The predicted octanol–water partition coefficient (Wildman–Crippen LogP) is 6.66. The van der Waals surface area contributed by atoms with E-state index in [2.05, 4.69) is 14.9 Å². The number of aryl methyl sites for hydroxylation is 1. The second-order valence-electron chi connectivity index (χ2n) is 11.2. The zero-order chi connectivity index (χ0) is 29.7. The summed E-state index contributed by atoms with van der Waals surface area (Å²) in [6.45, 7) is 7.30. The van der Waals surface area contributed by atoms with Gasteiger partial charge in [-0.3, -0.25) is 14.6 Å². The highest BCUT2D eigenvalue weighted by Crippen LogP contribution is 2.33. The van der Waals surface area contributed by atoms with Gasteiger partial charge in [-0.1, -0.05) is 67.3 Å². The number of amides is 1. The summed E-state index contributed by atoms with van der Waals surface area (Å²) in [5, 5.41) is 13.9. The molecule has 0 saturated heterocycles. The topological polar surface area (TPSA) is 93.5 Å². The molecule has 7 nitrogen and oxygen atoms in total. The molecule has 1 aliphatic rings. The molecule has 5 rings (SSSR count). The molecule has 2 heterocycles. The number of ether oxygens (including phenoxy) is 1. The molecule has 2 aromatic carbocycles. The molecule has 218 valence electrons. The van der Waals surface area contributed by atoms with Gasteiger partial charge >= 0.3 is 0 Å². The van der Waals surface area contributed by atoms with E-state index in [-0.39, 0.29) is 17.4 Å². The average Bonchev–Trinajstić information content (AvgIpc) is 3.27. The zero-order valence-electron chi connectivity index (χ0n) is 24.7. The van der Waals surface area contributed by atoms with E-state index in [0.717, 1.165) is 65.5 Å². The SMILES string of the molecule is CCNC(=O)C1(OCc2ccc(C=CCn3c(C)c(C(=O)c4ccc(C)cc4)c4cc(O)ccc43)cn2)CCCCC1. The van der Waals surface area contributed by atoms with Gasteiger partial charge in [-0.15, -0.1) is 0 Å². The van der Waals surface area contributed by atoms with Crippen LogP contribution in [0.3, 0.4) is 0 Å². The molecule has 4 aromatic rings. The van der Waals surface area contributed by atoms with Gasteiger partial charge in [0.25, 0.3) is 5.91 Å². The van der Waals surface area contributed by atoms with Crippen LogP contribution in [-0.2, 0) is 22.7 Å². The molecule has 0 atom stereocenters. The standard InChI is InChI=1S/C35H39N3O4/c1-4-36-34(41)35(18-6-5-7-19-35)42-23-28-15-12-26(22-37-28)9-8-20-38-25(3)32(30-21-29(39)16-17-31(30)38)33(40)27-13-10-24(2)11-14-27/h8-17,21-22,39H,4-7,18-20,23H2,1-3H3,(H,36,41). The molecule has 1 amide bonds. The summed E-state index contributed by atoms with van der Waals surface area (Å²) < 4.78 is 8.32. The van der Waals surface area contributed by atoms with E-state index < -0.39 is 5.60 Å². The van der Waals surface area contributed by atoms with E-state index in [1.807, 2.05) is 75.4 Å². The van der Waals surface area contributed by atoms with Gasteiger partial charge in [-0.05, 0) is 63.4 Å². The van der Waals surface area contributed by atoms with Crippen molar-refractivity contribution in [1.29, 1.82) is 0 Å². The lowest BCUT2D eigenvalue weighted by Gasteiger charge is -2.35. The predicted molar refractivity (Wildman–Crippen MR) is 166 cm³/mol. The first-order valence-electron chi connectivity index (χ1n) is 14.8. The molecule has 0 bridgehead atoms. The number of hydrogen-bond acceptors (Lipinski definition) is 5. The molecule has 0 spiro atoms. The van der Waals surface area contributed by atoms with Crippen LogP contribution in [0.4, 0.5) is 0 Å². The van der Waals surface area contributed by atoms with Gasteiger partial charge in [-0.2, -0.15) is 0 Å². The third-order valence-corrected chi connectivity index (χ3v) is 8.20. The van der Waals surface area contributed by atoms with E-state index in [9.17, 15) is 14.7 Å². The Balaban J connectivity index is 1.30. The summed E-state index contributed by atoms with van der Waals surface area (Å²) >= 11 is 0. The largest absolute Gasteiger partial charge is 0.508 e. The van der Waals surface area contributed by atoms with Crippen molar-refractivity contribution in [1.82, 2.24) is 14.9 Å². The van der Waals surface area contributed by atoms with Crippen molar-refractivity contribution >= 4 is 28.7 Å². The number of aromatic hydroxyl groups is 1. The Morgan fingerprint density at radius 1 is 1.05 bits per heavy atom. The van der Waals surface area contributed by atoms with Crippen molar-refractivity contribution < 1.29 is 19.4 Å². The van der Waals surface area contributed by atoms with Gasteiger partial charge < -0.3 is 19.7 Å². The molecule has 1 aliphatic carbocycles. The quantitative estimate of drug-likeness (QED) is 0.210. The second-order valence-corrected chi connectivity index (χ2v) is 11.2. The number of aromatic nitrogens is 2. The van der Waals surface area contributed by atoms with Gasteiger partial charge in [0.05, 0.1) is 17.9 Å². The lowest BCUT2D eigenvalue weighted by molar-refractivity contribution is -0.154. The molecule has 1 saturated carbocycles. The summed E-state index contributed by atoms with van der Waals surface area (Å²) in [7, 11) is 0. The normalized spacial score (nSPS) is 14.8. The minimum Gasteiger partial charge on any atom is -0.508 e. The summed E-state index contributed by atoms with van der Waals surface area (Å²) in [5.74, 6) is 0.0507. The summed E-state index contributed by atoms with van der Waals surface area (Å²) in [5.41, 5.74) is 5.02. The van der Waals surface area contributed by atoms with E-state index in [1.54, 1.807) is 18.3 Å². The number of carbonyl (C=O) groups is 2. The molecule has 1 fully saturated rings. The second kappa shape index (κ2) is 12.7. The number of likely N-dealkylation sites (N-methyl/N-ethyl adjacent to an activating group) is 1. The van der Waals surface area contributed by atoms with Crippen LogP contribution < -0.4 is 5.32 Å². The summed E-state index contributed by atoms with van der Waals surface area (Å²) in [6.07, 6.45) is 10.5. The highest BCUT2D eigenvalue weighted by molar-refractivity contribution is 6.17. The Morgan fingerprint density at radius 2 is 1.81 bits per heavy atom. The fourth-order valence-corrected chi connectivity index (χ4v) is 5.85. The molecule has 0 radical (unpaired) electrons. The number of carbonyl (C=O) groups excluding carboxylic acids is 2. The molecule has 0 aliphatic heterocycles. The lowest BCUT2D eigenvalue weighted by atomic mass is 9.83. The number of benzene rings is 2. The van der Waals surface area contributed by atoms with Gasteiger partial charge in [-0.25, -0.2) is 0 Å². The zero-order valence-corrected chi connectivity index (χ0v) is 24.7. The van der Waals surface area contributed by atoms with Gasteiger partial charge in [0.1, 0.15) is 11.4 Å². The highest BCUT2D eigenvalue weighted by atomic mass is 16.5. The van der Waals surface area contributed by atoms with Crippen LogP contribution in [0.2, 0.25) is 0 Å². The number of pyridine rings is 1. The number of rotatable bonds is 10. The van der Waals surface area contributed by atoms with E-state index in [4.69, 9.17) is 4.74 Å². The average molecular weight is 566 g/mol. The van der Waals surface area contributed by atoms with Crippen molar-refractivity contribution in [2.24, 2.45) is 0 Å². The molecule has 0 unspecified atom stereocenters. The molecule has 7 heteroatoms. The fourth-order valence-electron chi connectivity index (χ4n) is 5.85. The van der Waals surface area contributed by atoms with Crippen molar-refractivity contribution in [3.05, 3.63) is 101 Å². The number of nitrogens with one attached hydrogen (secondary N) is 1. The third kappa shape index (κ3) is 6.16. The number of allylic oxidation sites excluding steroid dienone is 1. The van der Waals surface area contributed by atoms with Crippen molar-refractivity contribution in [3.8, 4) is 5.75 Å². The lowest BCUT2D eigenvalue weighted by Crippen LogP contribution is -2.50. The fraction of sp³-hybridized carbons (Fsp3) is 0.343. The Hall–Kier alpha value is -4.23. The first kappa shape index (κ1) is 29.3. The van der Waals surface area contributed by atoms with E-state index in [0.29, 0.717) is 30.8 Å². The van der Waals surface area contributed by atoms with E-state index >= 15 is 0 Å². The van der Waals surface area contributed by atoms with E-state index in [1.165, 1.54) is 0 Å². The maximum absolute atomic E-state index is 13.5. The third-order valence-electron chi connectivity index (χ3n) is 8.20. The van der Waals surface area contributed by atoms with Crippen molar-refractivity contribution in [3.63, 3.8) is 0 Å². The monoisotopic (exact) mass is 565 g/mol. The van der Waals surface area contributed by atoms with Crippen LogP contribution in [-0.4, -0.2) is 38.5 Å².